The second-order valence-electron chi connectivity index (χ2n) is 3.18. The summed E-state index contributed by atoms with van der Waals surface area (Å²) in [6.07, 6.45) is 4.53. The molecule has 1 aliphatic rings. The van der Waals surface area contributed by atoms with E-state index < -0.39 is 0 Å². The molecule has 0 spiro atoms. The topological polar surface area (TPSA) is 77.0 Å². The zero-order valence-electron chi connectivity index (χ0n) is 8.04. The van der Waals surface area contributed by atoms with Gasteiger partial charge in [-0.25, -0.2) is 0 Å². The third-order valence-electron chi connectivity index (χ3n) is 2.17. The molecule has 2 aromatic heterocycles. The number of nitrogens with zero attached hydrogens (tertiary/aromatic N) is 3. The third kappa shape index (κ3) is 1.28. The molecular formula is C10H6N4O2. The molecule has 0 bridgehead atoms. The first-order chi connectivity index (χ1) is 7.84. The minimum absolute atomic E-state index is 0.187. The van der Waals surface area contributed by atoms with Crippen LogP contribution < -0.4 is 10.1 Å². The van der Waals surface area contributed by atoms with Crippen molar-refractivity contribution in [1.29, 1.82) is 0 Å². The van der Waals surface area contributed by atoms with Crippen molar-refractivity contribution in [2.75, 3.05) is 5.32 Å². The van der Waals surface area contributed by atoms with Crippen molar-refractivity contribution >= 4 is 11.6 Å². The van der Waals surface area contributed by atoms with E-state index in [0.717, 1.165) is 0 Å². The molecule has 0 atom stereocenters. The van der Waals surface area contributed by atoms with Crippen LogP contribution in [0.15, 0.2) is 30.7 Å². The van der Waals surface area contributed by atoms with Gasteiger partial charge in [0.15, 0.2) is 5.75 Å². The van der Waals surface area contributed by atoms with Gasteiger partial charge in [-0.3, -0.25) is 9.78 Å². The Kier molecular flexibility index (Phi) is 1.79. The van der Waals surface area contributed by atoms with E-state index in [9.17, 15) is 4.79 Å². The van der Waals surface area contributed by atoms with Gasteiger partial charge in [0.05, 0.1) is 18.1 Å². The molecule has 2 aromatic rings. The molecule has 0 saturated heterocycles. The molecule has 78 valence electrons. The van der Waals surface area contributed by atoms with Crippen LogP contribution in [0.25, 0.3) is 0 Å². The van der Waals surface area contributed by atoms with Crippen LogP contribution >= 0.6 is 0 Å². The SMILES string of the molecule is O=C1Nc2ccncc2Oc2nnccc21. The first-order valence-electron chi connectivity index (χ1n) is 4.59. The summed E-state index contributed by atoms with van der Waals surface area (Å²) in [4.78, 5) is 15.7. The Morgan fingerprint density at radius 1 is 1.25 bits per heavy atom. The lowest BCUT2D eigenvalue weighted by molar-refractivity contribution is 0.102. The second kappa shape index (κ2) is 3.27. The highest BCUT2D eigenvalue weighted by Gasteiger charge is 2.21. The molecule has 0 aromatic carbocycles. The number of aromatic nitrogens is 3. The predicted molar refractivity (Wildman–Crippen MR) is 54.3 cm³/mol. The number of hydrogen-bond acceptors (Lipinski definition) is 5. The summed E-state index contributed by atoms with van der Waals surface area (Å²) in [7, 11) is 0. The number of fused-ring (bicyclic) bond motifs is 2. The lowest BCUT2D eigenvalue weighted by Crippen LogP contribution is -2.10. The minimum atomic E-state index is -0.269. The zero-order valence-corrected chi connectivity index (χ0v) is 8.04. The van der Waals surface area contributed by atoms with Gasteiger partial charge in [0.25, 0.3) is 11.8 Å². The van der Waals surface area contributed by atoms with E-state index in [1.165, 1.54) is 12.4 Å². The van der Waals surface area contributed by atoms with Crippen LogP contribution in [0.3, 0.4) is 0 Å². The molecule has 0 radical (unpaired) electrons. The first-order valence-corrected chi connectivity index (χ1v) is 4.59. The number of rotatable bonds is 0. The van der Waals surface area contributed by atoms with Crippen molar-refractivity contribution in [1.82, 2.24) is 15.2 Å². The van der Waals surface area contributed by atoms with Crippen LogP contribution in [0.5, 0.6) is 11.6 Å². The fourth-order valence-electron chi connectivity index (χ4n) is 1.43. The number of carbonyl (C=O) groups is 1. The average Bonchev–Trinajstić information content (AvgIpc) is 2.45. The summed E-state index contributed by atoms with van der Waals surface area (Å²) in [6, 6.07) is 3.21. The smallest absolute Gasteiger partial charge is 0.261 e. The summed E-state index contributed by atoms with van der Waals surface area (Å²) in [5.74, 6) is 0.372. The van der Waals surface area contributed by atoms with Gasteiger partial charge in [0.1, 0.15) is 5.56 Å². The van der Waals surface area contributed by atoms with E-state index in [-0.39, 0.29) is 11.8 Å². The monoisotopic (exact) mass is 214 g/mol. The fraction of sp³-hybridized carbons (Fsp3) is 0. The van der Waals surface area contributed by atoms with Crippen molar-refractivity contribution in [2.45, 2.75) is 0 Å². The van der Waals surface area contributed by atoms with Gasteiger partial charge in [-0.2, -0.15) is 5.10 Å². The van der Waals surface area contributed by atoms with Crippen LogP contribution in [-0.2, 0) is 0 Å². The van der Waals surface area contributed by atoms with Crippen molar-refractivity contribution in [3.8, 4) is 11.6 Å². The number of ether oxygens (including phenoxy) is 1. The molecule has 3 rings (SSSR count). The van der Waals surface area contributed by atoms with Gasteiger partial charge in [0.2, 0.25) is 0 Å². The molecular weight excluding hydrogens is 208 g/mol. The van der Waals surface area contributed by atoms with Crippen molar-refractivity contribution in [3.05, 3.63) is 36.3 Å². The van der Waals surface area contributed by atoms with Crippen molar-refractivity contribution < 1.29 is 9.53 Å². The highest BCUT2D eigenvalue weighted by molar-refractivity contribution is 6.07. The van der Waals surface area contributed by atoms with Gasteiger partial charge < -0.3 is 10.1 Å². The maximum atomic E-state index is 11.8. The molecule has 0 saturated carbocycles. The quantitative estimate of drug-likeness (QED) is 0.713. The molecule has 6 nitrogen and oxygen atoms in total. The Balaban J connectivity index is 2.18. The maximum absolute atomic E-state index is 11.8. The molecule has 0 aliphatic carbocycles. The standard InChI is InChI=1S/C10H6N4O2/c15-9-6-1-4-12-14-10(6)16-8-5-11-3-2-7(8)13-9/h1-5H,(H,13,15). The Labute approximate surface area is 90.3 Å². The largest absolute Gasteiger partial charge is 0.433 e. The molecule has 3 heterocycles. The number of hydrogen-bond donors (Lipinski definition) is 1. The van der Waals surface area contributed by atoms with E-state index >= 15 is 0 Å². The van der Waals surface area contributed by atoms with Crippen LogP contribution in [-0.4, -0.2) is 21.1 Å². The van der Waals surface area contributed by atoms with Gasteiger partial charge in [0, 0.05) is 6.20 Å². The fourth-order valence-corrected chi connectivity index (χ4v) is 1.43. The van der Waals surface area contributed by atoms with Gasteiger partial charge >= 0.3 is 0 Å². The summed E-state index contributed by atoms with van der Waals surface area (Å²) in [5.41, 5.74) is 0.921. The normalized spacial score (nSPS) is 12.9. The maximum Gasteiger partial charge on any atom is 0.261 e. The molecule has 1 amide bonds. The highest BCUT2D eigenvalue weighted by Crippen LogP contribution is 2.32. The van der Waals surface area contributed by atoms with Gasteiger partial charge in [-0.15, -0.1) is 5.10 Å². The second-order valence-corrected chi connectivity index (χ2v) is 3.18. The van der Waals surface area contributed by atoms with Crippen molar-refractivity contribution in [3.63, 3.8) is 0 Å². The molecule has 0 unspecified atom stereocenters. The molecule has 6 heteroatoms. The summed E-state index contributed by atoms with van der Waals surface area (Å²) in [5, 5.41) is 10.1. The highest BCUT2D eigenvalue weighted by atomic mass is 16.5. The Morgan fingerprint density at radius 2 is 2.19 bits per heavy atom. The van der Waals surface area contributed by atoms with Crippen LogP contribution in [0.4, 0.5) is 5.69 Å². The van der Waals surface area contributed by atoms with Crippen LogP contribution in [0, 0.1) is 0 Å². The van der Waals surface area contributed by atoms with E-state index in [1.807, 2.05) is 0 Å². The Bertz CT molecular complexity index is 570. The number of nitrogens with one attached hydrogen (secondary N) is 1. The Hall–Kier alpha value is -2.50. The molecule has 16 heavy (non-hydrogen) atoms. The van der Waals surface area contributed by atoms with E-state index in [2.05, 4.69) is 20.5 Å². The van der Waals surface area contributed by atoms with Crippen LogP contribution in [0.1, 0.15) is 10.4 Å². The van der Waals surface area contributed by atoms with Crippen molar-refractivity contribution in [2.24, 2.45) is 0 Å². The third-order valence-corrected chi connectivity index (χ3v) is 2.17. The predicted octanol–water partition coefficient (Wildman–Crippen LogP) is 1.23. The first kappa shape index (κ1) is 8.78. The summed E-state index contributed by atoms with van der Waals surface area (Å²) in [6.45, 7) is 0. The molecule has 0 fully saturated rings. The Morgan fingerprint density at radius 3 is 3.12 bits per heavy atom. The lowest BCUT2D eigenvalue weighted by atomic mass is 10.3. The minimum Gasteiger partial charge on any atom is -0.433 e. The van der Waals surface area contributed by atoms with Crippen LogP contribution in [0.2, 0.25) is 0 Å². The van der Waals surface area contributed by atoms with Gasteiger partial charge in [-0.05, 0) is 12.1 Å². The number of pyridine rings is 1. The van der Waals surface area contributed by atoms with E-state index in [0.29, 0.717) is 17.0 Å². The molecule has 1 aliphatic heterocycles. The summed E-state index contributed by atoms with van der Waals surface area (Å²) >= 11 is 0. The lowest BCUT2D eigenvalue weighted by Gasteiger charge is -2.03. The number of anilines is 1. The number of amides is 1. The van der Waals surface area contributed by atoms with E-state index in [4.69, 9.17) is 4.74 Å². The zero-order chi connectivity index (χ0) is 11.0. The average molecular weight is 214 g/mol. The van der Waals surface area contributed by atoms with Gasteiger partial charge in [-0.1, -0.05) is 0 Å². The summed E-state index contributed by atoms with van der Waals surface area (Å²) < 4.78 is 5.45. The molecule has 1 N–H and O–H groups in total. The van der Waals surface area contributed by atoms with E-state index in [1.54, 1.807) is 18.3 Å². The number of carbonyl (C=O) groups excluding carboxylic acids is 1.